The highest BCUT2D eigenvalue weighted by Gasteiger charge is 2.17. The van der Waals surface area contributed by atoms with Crippen LogP contribution in [0.2, 0.25) is 0 Å². The van der Waals surface area contributed by atoms with E-state index in [-0.39, 0.29) is 17.9 Å². The van der Waals surface area contributed by atoms with Gasteiger partial charge in [0, 0.05) is 0 Å². The van der Waals surface area contributed by atoms with Gasteiger partial charge in [-0.25, -0.2) is 0 Å². The maximum absolute atomic E-state index is 11.9. The van der Waals surface area contributed by atoms with Crippen LogP contribution in [-0.2, 0) is 9.53 Å². The number of esters is 1. The van der Waals surface area contributed by atoms with Crippen molar-refractivity contribution in [2.24, 2.45) is 5.92 Å². The van der Waals surface area contributed by atoms with Gasteiger partial charge in [0.2, 0.25) is 0 Å². The zero-order chi connectivity index (χ0) is 14.2. The molecule has 108 valence electrons. The minimum atomic E-state index is -0.113. The maximum Gasteiger partial charge on any atom is 0.309 e. The number of allylic oxidation sites excluding steroid dienone is 2. The Kier molecular flexibility index (Phi) is 5.81. The molecule has 0 spiro atoms. The molecule has 0 fully saturated rings. The molecule has 2 atom stereocenters. The van der Waals surface area contributed by atoms with Crippen molar-refractivity contribution >= 4 is 5.97 Å². The van der Waals surface area contributed by atoms with Crippen molar-refractivity contribution < 1.29 is 9.53 Å². The molecule has 20 heavy (non-hydrogen) atoms. The Labute approximate surface area is 121 Å². The first-order valence-corrected chi connectivity index (χ1v) is 7.37. The number of rotatable bonds is 1. The molecule has 1 aliphatic rings. The second kappa shape index (κ2) is 7.85. The van der Waals surface area contributed by atoms with Crippen LogP contribution in [0.15, 0.2) is 42.5 Å². The van der Waals surface area contributed by atoms with Crippen LogP contribution >= 0.6 is 0 Å². The van der Waals surface area contributed by atoms with Gasteiger partial charge in [-0.1, -0.05) is 49.4 Å². The molecule has 0 saturated carbocycles. The average molecular weight is 273 g/mol. The van der Waals surface area contributed by atoms with E-state index in [4.69, 9.17) is 4.74 Å². The smallest absolute Gasteiger partial charge is 0.309 e. The lowest BCUT2D eigenvalue weighted by molar-refractivity contribution is -0.148. The Hall–Kier alpha value is -1.61. The number of nitrogens with one attached hydrogen (secondary N) is 1. The van der Waals surface area contributed by atoms with E-state index in [9.17, 15) is 4.79 Å². The SMILES string of the molecule is C[C@@H]1C/C=C/CCCN[C@H](c2ccccc2)COC1=O. The summed E-state index contributed by atoms with van der Waals surface area (Å²) in [7, 11) is 0. The summed E-state index contributed by atoms with van der Waals surface area (Å²) in [5.41, 5.74) is 1.17. The summed E-state index contributed by atoms with van der Waals surface area (Å²) >= 11 is 0. The Balaban J connectivity index is 2.04. The van der Waals surface area contributed by atoms with Crippen molar-refractivity contribution in [2.45, 2.75) is 32.2 Å². The van der Waals surface area contributed by atoms with E-state index in [1.165, 1.54) is 5.56 Å². The van der Waals surface area contributed by atoms with Gasteiger partial charge in [-0.3, -0.25) is 4.79 Å². The molecule has 0 unspecified atom stereocenters. The molecule has 0 saturated heterocycles. The minimum Gasteiger partial charge on any atom is -0.463 e. The second-order valence-corrected chi connectivity index (χ2v) is 5.30. The minimum absolute atomic E-state index is 0.0675. The van der Waals surface area contributed by atoms with Gasteiger partial charge in [0.15, 0.2) is 0 Å². The standard InChI is InChI=1S/C17H23NO2/c1-14-9-5-2-3-8-12-18-16(13-20-17(14)19)15-10-6-4-7-11-15/h2,4-7,10-11,14,16,18H,3,8-9,12-13H2,1H3/b5-2+/t14-,16+/m1/s1. The number of carbonyl (C=O) groups excluding carboxylic acids is 1. The predicted octanol–water partition coefficient (Wildman–Crippen LogP) is 3.24. The summed E-state index contributed by atoms with van der Waals surface area (Å²) in [6.45, 7) is 3.25. The third-order valence-electron chi connectivity index (χ3n) is 3.59. The first-order chi connectivity index (χ1) is 9.77. The molecular formula is C17H23NO2. The predicted molar refractivity (Wildman–Crippen MR) is 80.3 cm³/mol. The summed E-state index contributed by atoms with van der Waals surface area (Å²) in [5, 5.41) is 3.48. The van der Waals surface area contributed by atoms with E-state index in [1.807, 2.05) is 25.1 Å². The van der Waals surface area contributed by atoms with Crippen molar-refractivity contribution in [2.75, 3.05) is 13.2 Å². The summed E-state index contributed by atoms with van der Waals surface area (Å²) in [6, 6.07) is 10.2. The number of carbonyl (C=O) groups is 1. The molecule has 2 rings (SSSR count). The highest BCUT2D eigenvalue weighted by atomic mass is 16.5. The lowest BCUT2D eigenvalue weighted by Gasteiger charge is -2.20. The molecule has 0 amide bonds. The van der Waals surface area contributed by atoms with Gasteiger partial charge in [-0.15, -0.1) is 0 Å². The van der Waals surface area contributed by atoms with Gasteiger partial charge in [0.05, 0.1) is 12.0 Å². The third-order valence-corrected chi connectivity index (χ3v) is 3.59. The van der Waals surface area contributed by atoms with Crippen LogP contribution in [0.5, 0.6) is 0 Å². The van der Waals surface area contributed by atoms with Gasteiger partial charge in [-0.05, 0) is 31.4 Å². The summed E-state index contributed by atoms with van der Waals surface area (Å²) in [5.74, 6) is -0.181. The molecule has 0 aromatic heterocycles. The van der Waals surface area contributed by atoms with Crippen LogP contribution in [0.25, 0.3) is 0 Å². The van der Waals surface area contributed by atoms with E-state index in [2.05, 4.69) is 29.6 Å². The van der Waals surface area contributed by atoms with Crippen LogP contribution in [0.4, 0.5) is 0 Å². The Bertz CT molecular complexity index is 442. The van der Waals surface area contributed by atoms with Crippen molar-refractivity contribution in [1.29, 1.82) is 0 Å². The molecule has 1 aromatic rings. The largest absolute Gasteiger partial charge is 0.463 e. The van der Waals surface area contributed by atoms with Crippen LogP contribution in [-0.4, -0.2) is 19.1 Å². The molecule has 1 aromatic carbocycles. The van der Waals surface area contributed by atoms with Crippen LogP contribution < -0.4 is 5.32 Å². The highest BCUT2D eigenvalue weighted by molar-refractivity contribution is 5.72. The normalized spacial score (nSPS) is 26.9. The van der Waals surface area contributed by atoms with E-state index in [0.29, 0.717) is 6.61 Å². The van der Waals surface area contributed by atoms with Crippen LogP contribution in [0.1, 0.15) is 37.8 Å². The first kappa shape index (κ1) is 14.8. The monoisotopic (exact) mass is 273 g/mol. The second-order valence-electron chi connectivity index (χ2n) is 5.30. The van der Waals surface area contributed by atoms with Crippen molar-refractivity contribution in [1.82, 2.24) is 5.32 Å². The first-order valence-electron chi connectivity index (χ1n) is 7.37. The molecule has 3 nitrogen and oxygen atoms in total. The molecule has 0 radical (unpaired) electrons. The summed E-state index contributed by atoms with van der Waals surface area (Å²) in [6.07, 6.45) is 7.16. The van der Waals surface area contributed by atoms with Crippen molar-refractivity contribution in [3.8, 4) is 0 Å². The maximum atomic E-state index is 11.9. The number of hydrogen-bond donors (Lipinski definition) is 1. The fraction of sp³-hybridized carbons (Fsp3) is 0.471. The molecule has 1 aliphatic heterocycles. The topological polar surface area (TPSA) is 38.3 Å². The van der Waals surface area contributed by atoms with E-state index in [0.717, 1.165) is 25.8 Å². The van der Waals surface area contributed by atoms with E-state index >= 15 is 0 Å². The Morgan fingerprint density at radius 2 is 2.00 bits per heavy atom. The fourth-order valence-electron chi connectivity index (χ4n) is 2.28. The number of ether oxygens (including phenoxy) is 1. The molecule has 0 aliphatic carbocycles. The zero-order valence-electron chi connectivity index (χ0n) is 12.0. The zero-order valence-corrected chi connectivity index (χ0v) is 12.0. The lowest BCUT2D eigenvalue weighted by atomic mass is 10.1. The quantitative estimate of drug-likeness (QED) is 0.630. The van der Waals surface area contributed by atoms with Crippen LogP contribution in [0, 0.1) is 5.92 Å². The van der Waals surface area contributed by atoms with Gasteiger partial charge in [0.25, 0.3) is 0 Å². The lowest BCUT2D eigenvalue weighted by Crippen LogP contribution is -2.29. The molecule has 3 heteroatoms. The number of cyclic esters (lactones) is 1. The Morgan fingerprint density at radius 1 is 1.20 bits per heavy atom. The Morgan fingerprint density at radius 3 is 2.80 bits per heavy atom. The van der Waals surface area contributed by atoms with Gasteiger partial charge >= 0.3 is 5.97 Å². The third kappa shape index (κ3) is 4.49. The van der Waals surface area contributed by atoms with Crippen molar-refractivity contribution in [3.05, 3.63) is 48.0 Å². The highest BCUT2D eigenvalue weighted by Crippen LogP contribution is 2.15. The molecule has 0 bridgehead atoms. The number of benzene rings is 1. The molecular weight excluding hydrogens is 250 g/mol. The summed E-state index contributed by atoms with van der Waals surface area (Å²) in [4.78, 5) is 11.9. The fourth-order valence-corrected chi connectivity index (χ4v) is 2.28. The van der Waals surface area contributed by atoms with E-state index in [1.54, 1.807) is 0 Å². The summed E-state index contributed by atoms with van der Waals surface area (Å²) < 4.78 is 5.46. The molecule has 1 heterocycles. The van der Waals surface area contributed by atoms with Crippen molar-refractivity contribution in [3.63, 3.8) is 0 Å². The van der Waals surface area contributed by atoms with Gasteiger partial charge in [-0.2, -0.15) is 0 Å². The average Bonchev–Trinajstić information content (AvgIpc) is 2.48. The van der Waals surface area contributed by atoms with Gasteiger partial charge in [0.1, 0.15) is 6.61 Å². The number of hydrogen-bond acceptors (Lipinski definition) is 3. The van der Waals surface area contributed by atoms with E-state index < -0.39 is 0 Å². The molecule has 1 N–H and O–H groups in total. The van der Waals surface area contributed by atoms with Crippen LogP contribution in [0.3, 0.4) is 0 Å². The van der Waals surface area contributed by atoms with Gasteiger partial charge < -0.3 is 10.1 Å².